The minimum absolute atomic E-state index is 0.0574. The van der Waals surface area contributed by atoms with E-state index in [1.54, 1.807) is 35.3 Å². The van der Waals surface area contributed by atoms with E-state index >= 15 is 0 Å². The van der Waals surface area contributed by atoms with Gasteiger partial charge in [-0.15, -0.1) is 0 Å². The van der Waals surface area contributed by atoms with E-state index in [1.165, 1.54) is 33.4 Å². The van der Waals surface area contributed by atoms with Crippen LogP contribution in [0.5, 0.6) is 11.5 Å². The molecular formula is C25H25N3O6. The molecule has 0 atom stereocenters. The number of hydrogen-bond donors (Lipinski definition) is 1. The van der Waals surface area contributed by atoms with Crippen molar-refractivity contribution < 1.29 is 29.0 Å². The molecule has 0 bridgehead atoms. The maximum Gasteiger partial charge on any atom is 0.337 e. The number of rotatable bonds is 7. The summed E-state index contributed by atoms with van der Waals surface area (Å²) in [5.74, 6) is -1.03. The SMILES string of the molecule is COc1cc2c(C(=O)O)cnc(C(=O)c3cccc(N(C(C)=O)N4CCCC4)c3)c2cc1OC. The van der Waals surface area contributed by atoms with E-state index in [0.717, 1.165) is 25.9 Å². The molecule has 9 nitrogen and oxygen atoms in total. The first-order valence-corrected chi connectivity index (χ1v) is 10.8. The van der Waals surface area contributed by atoms with Crippen molar-refractivity contribution in [3.8, 4) is 11.5 Å². The Morgan fingerprint density at radius 1 is 1.00 bits per heavy atom. The molecule has 1 N–H and O–H groups in total. The summed E-state index contributed by atoms with van der Waals surface area (Å²) in [6, 6.07) is 9.87. The molecule has 0 spiro atoms. The second kappa shape index (κ2) is 9.48. The molecule has 0 unspecified atom stereocenters. The number of carbonyl (C=O) groups is 3. The number of ether oxygens (including phenoxy) is 2. The number of methoxy groups -OCH3 is 2. The van der Waals surface area contributed by atoms with Gasteiger partial charge >= 0.3 is 5.97 Å². The van der Waals surface area contributed by atoms with Crippen LogP contribution in [0, 0.1) is 0 Å². The molecule has 2 heterocycles. The van der Waals surface area contributed by atoms with Gasteiger partial charge in [-0.2, -0.15) is 0 Å². The largest absolute Gasteiger partial charge is 0.493 e. The lowest BCUT2D eigenvalue weighted by Crippen LogP contribution is -2.44. The third-order valence-electron chi connectivity index (χ3n) is 5.85. The van der Waals surface area contributed by atoms with Gasteiger partial charge in [0.15, 0.2) is 11.5 Å². The predicted octanol–water partition coefficient (Wildman–Crippen LogP) is 3.54. The van der Waals surface area contributed by atoms with Gasteiger partial charge in [0.1, 0.15) is 5.69 Å². The predicted molar refractivity (Wildman–Crippen MR) is 126 cm³/mol. The number of carboxylic acids is 1. The fourth-order valence-corrected chi connectivity index (χ4v) is 4.28. The van der Waals surface area contributed by atoms with Gasteiger partial charge in [-0.3, -0.25) is 14.6 Å². The van der Waals surface area contributed by atoms with Crippen LogP contribution in [-0.2, 0) is 4.79 Å². The number of aromatic nitrogens is 1. The monoisotopic (exact) mass is 463 g/mol. The third kappa shape index (κ3) is 4.17. The number of ketones is 1. The highest BCUT2D eigenvalue weighted by Gasteiger charge is 2.25. The average molecular weight is 463 g/mol. The number of aromatic carboxylic acids is 1. The number of carbonyl (C=O) groups excluding carboxylic acids is 2. The number of amides is 1. The Morgan fingerprint density at radius 2 is 1.65 bits per heavy atom. The molecule has 1 aliphatic heterocycles. The topological polar surface area (TPSA) is 109 Å². The van der Waals surface area contributed by atoms with Crippen LogP contribution in [0.2, 0.25) is 0 Å². The summed E-state index contributed by atoms with van der Waals surface area (Å²) in [7, 11) is 2.90. The lowest BCUT2D eigenvalue weighted by molar-refractivity contribution is -0.119. The van der Waals surface area contributed by atoms with Gasteiger partial charge in [0.25, 0.3) is 0 Å². The Morgan fingerprint density at radius 3 is 2.24 bits per heavy atom. The van der Waals surface area contributed by atoms with E-state index in [9.17, 15) is 19.5 Å². The van der Waals surface area contributed by atoms with Crippen LogP contribution in [0.1, 0.15) is 46.2 Å². The van der Waals surface area contributed by atoms with Crippen molar-refractivity contribution in [1.82, 2.24) is 9.99 Å². The molecule has 9 heteroatoms. The van der Waals surface area contributed by atoms with Crippen molar-refractivity contribution in [2.24, 2.45) is 0 Å². The molecule has 1 aromatic heterocycles. The number of hydrogen-bond acceptors (Lipinski definition) is 7. The highest BCUT2D eigenvalue weighted by Crippen LogP contribution is 2.35. The molecule has 2 aromatic carbocycles. The molecular weight excluding hydrogens is 438 g/mol. The highest BCUT2D eigenvalue weighted by atomic mass is 16.5. The number of benzene rings is 2. The number of fused-ring (bicyclic) bond motifs is 1. The lowest BCUT2D eigenvalue weighted by atomic mass is 9.98. The fraction of sp³-hybridized carbons (Fsp3) is 0.280. The van der Waals surface area contributed by atoms with Crippen LogP contribution in [0.25, 0.3) is 10.8 Å². The van der Waals surface area contributed by atoms with E-state index < -0.39 is 11.8 Å². The van der Waals surface area contributed by atoms with Crippen LogP contribution in [0.3, 0.4) is 0 Å². The minimum Gasteiger partial charge on any atom is -0.493 e. The summed E-state index contributed by atoms with van der Waals surface area (Å²) in [4.78, 5) is 42.0. The van der Waals surface area contributed by atoms with Gasteiger partial charge in [0.05, 0.1) is 25.5 Å². The first-order valence-electron chi connectivity index (χ1n) is 10.8. The Balaban J connectivity index is 1.83. The molecule has 34 heavy (non-hydrogen) atoms. The molecule has 4 rings (SSSR count). The van der Waals surface area contributed by atoms with Gasteiger partial charge < -0.3 is 14.6 Å². The van der Waals surface area contributed by atoms with E-state index in [-0.39, 0.29) is 17.2 Å². The van der Waals surface area contributed by atoms with E-state index in [1.807, 2.05) is 5.01 Å². The van der Waals surface area contributed by atoms with Crippen LogP contribution in [0.15, 0.2) is 42.6 Å². The van der Waals surface area contributed by atoms with Crippen molar-refractivity contribution >= 4 is 34.1 Å². The van der Waals surface area contributed by atoms with Gasteiger partial charge in [-0.05, 0) is 37.1 Å². The molecule has 1 saturated heterocycles. The molecule has 0 radical (unpaired) electrons. The van der Waals surface area contributed by atoms with Crippen molar-refractivity contribution in [3.05, 3.63) is 59.4 Å². The normalized spacial score (nSPS) is 13.6. The highest BCUT2D eigenvalue weighted by molar-refractivity contribution is 6.18. The summed E-state index contributed by atoms with van der Waals surface area (Å²) in [6.07, 6.45) is 3.17. The number of nitrogens with zero attached hydrogens (tertiary/aromatic N) is 3. The van der Waals surface area contributed by atoms with Crippen LogP contribution in [-0.4, -0.2) is 60.1 Å². The van der Waals surface area contributed by atoms with Gasteiger partial charge in [-0.1, -0.05) is 12.1 Å². The summed E-state index contributed by atoms with van der Waals surface area (Å²) in [5, 5.41) is 13.8. The van der Waals surface area contributed by atoms with E-state index in [2.05, 4.69) is 4.98 Å². The van der Waals surface area contributed by atoms with E-state index in [0.29, 0.717) is 33.5 Å². The first-order chi connectivity index (χ1) is 16.3. The second-order valence-electron chi connectivity index (χ2n) is 7.95. The molecule has 176 valence electrons. The number of anilines is 1. The number of carboxylic acid groups (broad SMARTS) is 1. The maximum atomic E-state index is 13.6. The number of hydrazine groups is 1. The van der Waals surface area contributed by atoms with Gasteiger partial charge in [0, 0.05) is 42.5 Å². The maximum absolute atomic E-state index is 13.6. The van der Waals surface area contributed by atoms with Crippen LogP contribution in [0.4, 0.5) is 5.69 Å². The summed E-state index contributed by atoms with van der Waals surface area (Å²) in [5.41, 5.74) is 0.937. The Kier molecular flexibility index (Phi) is 6.47. The Labute approximate surface area is 196 Å². The van der Waals surface area contributed by atoms with Gasteiger partial charge in [0.2, 0.25) is 11.7 Å². The molecule has 1 fully saturated rings. The van der Waals surface area contributed by atoms with Crippen molar-refractivity contribution in [3.63, 3.8) is 0 Å². The first kappa shape index (κ1) is 23.2. The average Bonchev–Trinajstić information content (AvgIpc) is 3.36. The molecule has 1 amide bonds. The quantitative estimate of drug-likeness (QED) is 0.530. The summed E-state index contributed by atoms with van der Waals surface area (Å²) in [6.45, 7) is 3.02. The Hall–Kier alpha value is -3.98. The number of pyridine rings is 1. The van der Waals surface area contributed by atoms with Crippen molar-refractivity contribution in [2.45, 2.75) is 19.8 Å². The van der Waals surface area contributed by atoms with Crippen molar-refractivity contribution in [1.29, 1.82) is 0 Å². The lowest BCUT2D eigenvalue weighted by Gasteiger charge is -2.30. The molecule has 1 aliphatic rings. The zero-order valence-corrected chi connectivity index (χ0v) is 19.2. The van der Waals surface area contributed by atoms with E-state index in [4.69, 9.17) is 9.47 Å². The van der Waals surface area contributed by atoms with Crippen molar-refractivity contribution in [2.75, 3.05) is 32.3 Å². The smallest absolute Gasteiger partial charge is 0.337 e. The zero-order chi connectivity index (χ0) is 24.4. The molecule has 0 aliphatic carbocycles. The third-order valence-corrected chi connectivity index (χ3v) is 5.85. The Bertz CT molecular complexity index is 1280. The molecule has 3 aromatic rings. The minimum atomic E-state index is -1.17. The summed E-state index contributed by atoms with van der Waals surface area (Å²) >= 11 is 0. The molecule has 0 saturated carbocycles. The van der Waals surface area contributed by atoms with Gasteiger partial charge in [-0.25, -0.2) is 14.8 Å². The second-order valence-corrected chi connectivity index (χ2v) is 7.95. The van der Waals surface area contributed by atoms with Crippen LogP contribution >= 0.6 is 0 Å². The fourth-order valence-electron chi connectivity index (χ4n) is 4.28. The summed E-state index contributed by atoms with van der Waals surface area (Å²) < 4.78 is 10.7. The zero-order valence-electron chi connectivity index (χ0n) is 19.2. The standard InChI is InChI=1S/C25H25N3O6/c1-15(29)28(27-9-4-5-10-27)17-8-6-7-16(11-17)24(30)23-19-13-22(34-3)21(33-2)12-18(19)20(14-26-23)25(31)32/h6-8,11-14H,4-5,9-10H2,1-3H3,(H,31,32). The van der Waals surface area contributed by atoms with Crippen LogP contribution < -0.4 is 14.5 Å².